The van der Waals surface area contributed by atoms with Crippen LogP contribution in [0.3, 0.4) is 0 Å². The van der Waals surface area contributed by atoms with Gasteiger partial charge < -0.3 is 10.2 Å². The van der Waals surface area contributed by atoms with Crippen LogP contribution in [0.1, 0.15) is 49.9 Å². The predicted molar refractivity (Wildman–Crippen MR) is 79.9 cm³/mol. The number of anilines is 1. The van der Waals surface area contributed by atoms with Crippen molar-refractivity contribution in [3.8, 4) is 0 Å². The fourth-order valence-electron chi connectivity index (χ4n) is 2.50. The monoisotopic (exact) mass is 274 g/mol. The zero-order valence-electron chi connectivity index (χ0n) is 12.2. The van der Waals surface area contributed by atoms with Gasteiger partial charge in [0, 0.05) is 30.3 Å². The van der Waals surface area contributed by atoms with Gasteiger partial charge in [-0.05, 0) is 37.5 Å². The van der Waals surface area contributed by atoms with Crippen molar-refractivity contribution in [2.45, 2.75) is 45.6 Å². The van der Waals surface area contributed by atoms with E-state index < -0.39 is 0 Å². The van der Waals surface area contributed by atoms with Crippen molar-refractivity contribution >= 4 is 17.5 Å². The lowest BCUT2D eigenvalue weighted by atomic mass is 10.1. The largest absolute Gasteiger partial charge is 0.349 e. The van der Waals surface area contributed by atoms with Crippen molar-refractivity contribution in [1.82, 2.24) is 5.32 Å². The van der Waals surface area contributed by atoms with Gasteiger partial charge in [0.05, 0.1) is 0 Å². The van der Waals surface area contributed by atoms with Gasteiger partial charge in [0.2, 0.25) is 5.91 Å². The second-order valence-corrected chi connectivity index (χ2v) is 5.19. The molecule has 0 spiro atoms. The van der Waals surface area contributed by atoms with E-state index in [1.54, 1.807) is 17.0 Å². The highest BCUT2D eigenvalue weighted by Gasteiger charge is 2.22. The first-order valence-electron chi connectivity index (χ1n) is 7.37. The van der Waals surface area contributed by atoms with Gasteiger partial charge in [0.1, 0.15) is 0 Å². The third-order valence-corrected chi connectivity index (χ3v) is 3.81. The van der Waals surface area contributed by atoms with E-state index in [4.69, 9.17) is 0 Å². The summed E-state index contributed by atoms with van der Waals surface area (Å²) in [4.78, 5) is 25.7. The summed E-state index contributed by atoms with van der Waals surface area (Å²) in [5, 5.41) is 3.02. The molecule has 0 unspecified atom stereocenters. The molecule has 0 radical (unpaired) electrons. The Bertz CT molecular complexity index is 495. The molecule has 0 aliphatic carbocycles. The lowest BCUT2D eigenvalue weighted by Crippen LogP contribution is -2.34. The van der Waals surface area contributed by atoms with Crippen LogP contribution in [0.15, 0.2) is 24.3 Å². The Balaban J connectivity index is 2.13. The van der Waals surface area contributed by atoms with E-state index in [9.17, 15) is 9.59 Å². The maximum Gasteiger partial charge on any atom is 0.251 e. The maximum atomic E-state index is 12.2. The van der Waals surface area contributed by atoms with Gasteiger partial charge in [0.25, 0.3) is 5.91 Å². The molecule has 1 aliphatic rings. The second kappa shape index (κ2) is 6.55. The molecule has 0 atom stereocenters. The summed E-state index contributed by atoms with van der Waals surface area (Å²) in [5.74, 6) is 0.0785. The molecule has 108 valence electrons. The number of carbonyl (C=O) groups excluding carboxylic acids is 2. The lowest BCUT2D eigenvalue weighted by Gasteiger charge is -2.18. The van der Waals surface area contributed by atoms with Crippen LogP contribution in [0.2, 0.25) is 0 Å². The SMILES string of the molecule is CCC(CC)NC(=O)c1cccc(N2CCCC2=O)c1. The van der Waals surface area contributed by atoms with Crippen LogP contribution in [0, 0.1) is 0 Å². The van der Waals surface area contributed by atoms with Gasteiger partial charge in [-0.3, -0.25) is 9.59 Å². The molecule has 1 aromatic carbocycles. The Morgan fingerprint density at radius 3 is 2.70 bits per heavy atom. The molecule has 0 saturated carbocycles. The fraction of sp³-hybridized carbons (Fsp3) is 0.500. The molecule has 1 aromatic rings. The topological polar surface area (TPSA) is 49.4 Å². The Morgan fingerprint density at radius 2 is 2.10 bits per heavy atom. The smallest absolute Gasteiger partial charge is 0.251 e. The van der Waals surface area contributed by atoms with Crippen LogP contribution in [0.5, 0.6) is 0 Å². The summed E-state index contributed by atoms with van der Waals surface area (Å²) >= 11 is 0. The van der Waals surface area contributed by atoms with Crippen molar-refractivity contribution in [2.24, 2.45) is 0 Å². The quantitative estimate of drug-likeness (QED) is 0.897. The first-order valence-corrected chi connectivity index (χ1v) is 7.37. The highest BCUT2D eigenvalue weighted by molar-refractivity contribution is 5.99. The summed E-state index contributed by atoms with van der Waals surface area (Å²) in [7, 11) is 0. The highest BCUT2D eigenvalue weighted by Crippen LogP contribution is 2.22. The van der Waals surface area contributed by atoms with E-state index in [2.05, 4.69) is 19.2 Å². The molecule has 0 aromatic heterocycles. The molecular formula is C16H22N2O2. The molecule has 4 nitrogen and oxygen atoms in total. The van der Waals surface area contributed by atoms with Gasteiger partial charge in [-0.25, -0.2) is 0 Å². The van der Waals surface area contributed by atoms with Crippen LogP contribution >= 0.6 is 0 Å². The number of nitrogens with one attached hydrogen (secondary N) is 1. The zero-order chi connectivity index (χ0) is 14.5. The Hall–Kier alpha value is -1.84. The first-order chi connectivity index (χ1) is 9.65. The van der Waals surface area contributed by atoms with Crippen LogP contribution < -0.4 is 10.2 Å². The number of benzene rings is 1. The third-order valence-electron chi connectivity index (χ3n) is 3.81. The van der Waals surface area contributed by atoms with E-state index in [1.807, 2.05) is 12.1 Å². The van der Waals surface area contributed by atoms with Crippen LogP contribution in [0.4, 0.5) is 5.69 Å². The van der Waals surface area contributed by atoms with Crippen LogP contribution in [0.25, 0.3) is 0 Å². The molecule has 0 bridgehead atoms. The third kappa shape index (κ3) is 3.18. The lowest BCUT2D eigenvalue weighted by molar-refractivity contribution is -0.117. The standard InChI is InChI=1S/C16H22N2O2/c1-3-13(4-2)17-16(20)12-7-5-8-14(11-12)18-10-6-9-15(18)19/h5,7-8,11,13H,3-4,6,9-10H2,1-2H3,(H,17,20). The minimum atomic E-state index is -0.0628. The van der Waals surface area contributed by atoms with Gasteiger partial charge >= 0.3 is 0 Å². The van der Waals surface area contributed by atoms with E-state index >= 15 is 0 Å². The van der Waals surface area contributed by atoms with E-state index in [0.29, 0.717) is 12.0 Å². The van der Waals surface area contributed by atoms with Crippen molar-refractivity contribution < 1.29 is 9.59 Å². The fourth-order valence-corrected chi connectivity index (χ4v) is 2.50. The predicted octanol–water partition coefficient (Wildman–Crippen LogP) is 2.73. The van der Waals surface area contributed by atoms with Gasteiger partial charge in [-0.15, -0.1) is 0 Å². The molecule has 2 amide bonds. The number of amides is 2. The molecular weight excluding hydrogens is 252 g/mol. The van der Waals surface area contributed by atoms with Gasteiger partial charge in [0.15, 0.2) is 0 Å². The average molecular weight is 274 g/mol. The molecule has 1 fully saturated rings. The van der Waals surface area contributed by atoms with Crippen LogP contribution in [-0.4, -0.2) is 24.4 Å². The molecule has 1 heterocycles. The van der Waals surface area contributed by atoms with Crippen molar-refractivity contribution in [1.29, 1.82) is 0 Å². The maximum absolute atomic E-state index is 12.2. The summed E-state index contributed by atoms with van der Waals surface area (Å²) in [6.07, 6.45) is 3.34. The minimum absolute atomic E-state index is 0.0628. The van der Waals surface area contributed by atoms with Gasteiger partial charge in [-0.2, -0.15) is 0 Å². The van der Waals surface area contributed by atoms with Crippen molar-refractivity contribution in [3.63, 3.8) is 0 Å². The summed E-state index contributed by atoms with van der Waals surface area (Å²) in [5.41, 5.74) is 1.44. The molecule has 20 heavy (non-hydrogen) atoms. The molecule has 1 saturated heterocycles. The summed E-state index contributed by atoms with van der Waals surface area (Å²) < 4.78 is 0. The molecule has 1 N–H and O–H groups in total. The molecule has 1 aliphatic heterocycles. The molecule has 4 heteroatoms. The van der Waals surface area contributed by atoms with Gasteiger partial charge in [-0.1, -0.05) is 19.9 Å². The molecule has 2 rings (SSSR count). The second-order valence-electron chi connectivity index (χ2n) is 5.19. The van der Waals surface area contributed by atoms with E-state index in [-0.39, 0.29) is 17.9 Å². The van der Waals surface area contributed by atoms with E-state index in [0.717, 1.165) is 31.5 Å². The number of rotatable bonds is 5. The summed E-state index contributed by atoms with van der Waals surface area (Å²) in [6.45, 7) is 4.87. The Morgan fingerprint density at radius 1 is 1.35 bits per heavy atom. The number of hydrogen-bond donors (Lipinski definition) is 1. The Kier molecular flexibility index (Phi) is 4.77. The van der Waals surface area contributed by atoms with E-state index in [1.165, 1.54) is 0 Å². The number of hydrogen-bond acceptors (Lipinski definition) is 2. The normalized spacial score (nSPS) is 14.9. The number of carbonyl (C=O) groups is 2. The van der Waals surface area contributed by atoms with Crippen molar-refractivity contribution in [3.05, 3.63) is 29.8 Å². The highest BCUT2D eigenvalue weighted by atomic mass is 16.2. The van der Waals surface area contributed by atoms with Crippen LogP contribution in [-0.2, 0) is 4.79 Å². The number of nitrogens with zero attached hydrogens (tertiary/aromatic N) is 1. The average Bonchev–Trinajstić information content (AvgIpc) is 2.90. The Labute approximate surface area is 120 Å². The first kappa shape index (κ1) is 14.6. The van der Waals surface area contributed by atoms with Crippen molar-refractivity contribution in [2.75, 3.05) is 11.4 Å². The summed E-state index contributed by atoms with van der Waals surface area (Å²) in [6, 6.07) is 7.53. The zero-order valence-corrected chi connectivity index (χ0v) is 12.2. The minimum Gasteiger partial charge on any atom is -0.349 e.